The minimum absolute atomic E-state index is 0.260. The molecule has 0 atom stereocenters. The quantitative estimate of drug-likeness (QED) is 0.458. The summed E-state index contributed by atoms with van der Waals surface area (Å²) in [4.78, 5) is 28.4. The van der Waals surface area contributed by atoms with E-state index in [-0.39, 0.29) is 17.5 Å². The van der Waals surface area contributed by atoms with Gasteiger partial charge in [0.1, 0.15) is 5.70 Å². The first-order valence-electron chi connectivity index (χ1n) is 10.6. The van der Waals surface area contributed by atoms with Crippen molar-refractivity contribution in [2.75, 3.05) is 10.2 Å². The molecule has 3 aromatic carbocycles. The maximum absolute atomic E-state index is 13.6. The maximum Gasteiger partial charge on any atom is 0.282 e. The van der Waals surface area contributed by atoms with Gasteiger partial charge in [0.05, 0.1) is 11.3 Å². The van der Waals surface area contributed by atoms with Gasteiger partial charge in [0, 0.05) is 10.7 Å². The van der Waals surface area contributed by atoms with Crippen molar-refractivity contribution < 1.29 is 9.59 Å². The van der Waals surface area contributed by atoms with Crippen LogP contribution in [0.15, 0.2) is 72.4 Å². The molecule has 0 saturated carbocycles. The molecule has 1 aliphatic heterocycles. The number of rotatable bonds is 5. The molecule has 0 bridgehead atoms. The van der Waals surface area contributed by atoms with Gasteiger partial charge in [-0.3, -0.25) is 9.59 Å². The second-order valence-corrected chi connectivity index (χ2v) is 8.76. The molecular weight excluding hydrogens is 420 g/mol. The summed E-state index contributed by atoms with van der Waals surface area (Å²) in [6.07, 6.45) is 0. The minimum atomic E-state index is -0.374. The molecule has 0 aromatic heterocycles. The van der Waals surface area contributed by atoms with Crippen LogP contribution >= 0.6 is 11.6 Å². The third-order valence-corrected chi connectivity index (χ3v) is 6.13. The predicted octanol–water partition coefficient (Wildman–Crippen LogP) is 6.48. The van der Waals surface area contributed by atoms with Gasteiger partial charge in [-0.1, -0.05) is 61.8 Å². The Kier molecular flexibility index (Phi) is 5.90. The summed E-state index contributed by atoms with van der Waals surface area (Å²) in [5.74, 6) is -0.323. The van der Waals surface area contributed by atoms with E-state index in [9.17, 15) is 9.59 Å². The van der Waals surface area contributed by atoms with Crippen LogP contribution in [-0.4, -0.2) is 11.8 Å². The fourth-order valence-electron chi connectivity index (χ4n) is 3.82. The second kappa shape index (κ2) is 8.64. The van der Waals surface area contributed by atoms with Crippen LogP contribution in [-0.2, 0) is 9.59 Å². The molecule has 5 heteroatoms. The predicted molar refractivity (Wildman–Crippen MR) is 131 cm³/mol. The second-order valence-electron chi connectivity index (χ2n) is 8.32. The molecule has 0 unspecified atom stereocenters. The lowest BCUT2D eigenvalue weighted by Crippen LogP contribution is -2.33. The number of amides is 2. The zero-order chi connectivity index (χ0) is 23.0. The van der Waals surface area contributed by atoms with Gasteiger partial charge in [0.25, 0.3) is 11.8 Å². The minimum Gasteiger partial charge on any atom is -0.350 e. The van der Waals surface area contributed by atoms with Crippen LogP contribution in [0.2, 0.25) is 5.02 Å². The Balaban J connectivity index is 1.81. The standard InChI is InChI=1S/C27H25ClN2O2/c1-16(2)19-10-14-22(15-11-19)29-25-24(20-8-12-21(28)13-9-20)26(31)30(27(25)32)23-7-5-6-17(3)18(23)4/h5-16,29H,1-4H3. The first-order chi connectivity index (χ1) is 15.3. The van der Waals surface area contributed by atoms with Crippen molar-refractivity contribution in [2.24, 2.45) is 0 Å². The molecule has 0 radical (unpaired) electrons. The van der Waals surface area contributed by atoms with Crippen LogP contribution in [0.1, 0.15) is 42.0 Å². The van der Waals surface area contributed by atoms with Crippen molar-refractivity contribution in [3.63, 3.8) is 0 Å². The lowest BCUT2D eigenvalue weighted by Gasteiger charge is -2.19. The lowest BCUT2D eigenvalue weighted by atomic mass is 10.0. The third-order valence-electron chi connectivity index (χ3n) is 5.88. The van der Waals surface area contributed by atoms with Crippen LogP contribution in [0, 0.1) is 13.8 Å². The van der Waals surface area contributed by atoms with E-state index in [4.69, 9.17) is 11.6 Å². The van der Waals surface area contributed by atoms with Gasteiger partial charge in [0.2, 0.25) is 0 Å². The van der Waals surface area contributed by atoms with Crippen LogP contribution in [0.5, 0.6) is 0 Å². The topological polar surface area (TPSA) is 49.4 Å². The van der Waals surface area contributed by atoms with E-state index in [1.807, 2.05) is 50.2 Å². The van der Waals surface area contributed by atoms with Crippen molar-refractivity contribution in [3.8, 4) is 0 Å². The average Bonchev–Trinajstić information content (AvgIpc) is 3.01. The molecular formula is C27H25ClN2O2. The summed E-state index contributed by atoms with van der Waals surface area (Å²) in [5.41, 5.74) is 5.69. The van der Waals surface area contributed by atoms with Crippen LogP contribution < -0.4 is 10.2 Å². The monoisotopic (exact) mass is 444 g/mol. The number of hydrogen-bond donors (Lipinski definition) is 1. The number of carbonyl (C=O) groups is 2. The van der Waals surface area contributed by atoms with Crippen molar-refractivity contribution in [2.45, 2.75) is 33.6 Å². The molecule has 4 nitrogen and oxygen atoms in total. The van der Waals surface area contributed by atoms with Gasteiger partial charge >= 0.3 is 0 Å². The number of anilines is 2. The van der Waals surface area contributed by atoms with Crippen molar-refractivity contribution >= 4 is 40.4 Å². The SMILES string of the molecule is Cc1cccc(N2C(=O)C(Nc3ccc(C(C)C)cc3)=C(c3ccc(Cl)cc3)C2=O)c1C. The first kappa shape index (κ1) is 21.8. The van der Waals surface area contributed by atoms with Gasteiger partial charge in [-0.25, -0.2) is 4.90 Å². The number of imide groups is 1. The summed E-state index contributed by atoms with van der Waals surface area (Å²) >= 11 is 6.06. The Bertz CT molecular complexity index is 1230. The molecule has 0 spiro atoms. The van der Waals surface area contributed by atoms with E-state index >= 15 is 0 Å². The molecule has 1 N–H and O–H groups in total. The average molecular weight is 445 g/mol. The Morgan fingerprint density at radius 1 is 0.844 bits per heavy atom. The summed E-state index contributed by atoms with van der Waals surface area (Å²) < 4.78 is 0. The zero-order valence-electron chi connectivity index (χ0n) is 18.6. The van der Waals surface area contributed by atoms with Crippen LogP contribution in [0.3, 0.4) is 0 Å². The molecule has 162 valence electrons. The smallest absolute Gasteiger partial charge is 0.282 e. The fourth-order valence-corrected chi connectivity index (χ4v) is 3.95. The molecule has 0 saturated heterocycles. The molecule has 1 heterocycles. The van der Waals surface area contributed by atoms with Gasteiger partial charge in [0.15, 0.2) is 0 Å². The number of nitrogens with zero attached hydrogens (tertiary/aromatic N) is 1. The summed E-state index contributed by atoms with van der Waals surface area (Å²) in [5, 5.41) is 3.78. The summed E-state index contributed by atoms with van der Waals surface area (Å²) in [7, 11) is 0. The van der Waals surface area contributed by atoms with Gasteiger partial charge in [-0.2, -0.15) is 0 Å². The van der Waals surface area contributed by atoms with Crippen molar-refractivity contribution in [3.05, 3.63) is 99.7 Å². The number of hydrogen-bond acceptors (Lipinski definition) is 3. The Hall–Kier alpha value is -3.37. The number of aryl methyl sites for hydroxylation is 1. The van der Waals surface area contributed by atoms with Gasteiger partial charge < -0.3 is 5.32 Å². The molecule has 0 aliphatic carbocycles. The third kappa shape index (κ3) is 3.94. The Morgan fingerprint density at radius 3 is 2.12 bits per heavy atom. The lowest BCUT2D eigenvalue weighted by molar-refractivity contribution is -0.120. The number of nitrogens with one attached hydrogen (secondary N) is 1. The molecule has 3 aromatic rings. The summed E-state index contributed by atoms with van der Waals surface area (Å²) in [6, 6.07) is 20.5. The highest BCUT2D eigenvalue weighted by Gasteiger charge is 2.40. The molecule has 2 amide bonds. The van der Waals surface area contributed by atoms with E-state index in [0.717, 1.165) is 16.8 Å². The molecule has 32 heavy (non-hydrogen) atoms. The highest BCUT2D eigenvalue weighted by Crippen LogP contribution is 2.36. The van der Waals surface area contributed by atoms with Gasteiger partial charge in [-0.05, 0) is 72.4 Å². The van der Waals surface area contributed by atoms with E-state index in [2.05, 4.69) is 19.2 Å². The Morgan fingerprint density at radius 2 is 1.50 bits per heavy atom. The highest BCUT2D eigenvalue weighted by molar-refractivity contribution is 6.46. The van der Waals surface area contributed by atoms with Crippen LogP contribution in [0.25, 0.3) is 5.57 Å². The largest absolute Gasteiger partial charge is 0.350 e. The van der Waals surface area contributed by atoms with Crippen molar-refractivity contribution in [1.29, 1.82) is 0 Å². The van der Waals surface area contributed by atoms with Crippen molar-refractivity contribution in [1.82, 2.24) is 0 Å². The Labute approximate surface area is 193 Å². The van der Waals surface area contributed by atoms with Gasteiger partial charge in [-0.15, -0.1) is 0 Å². The maximum atomic E-state index is 13.6. The fraction of sp³-hybridized carbons (Fsp3) is 0.185. The van der Waals surface area contributed by atoms with E-state index in [1.165, 1.54) is 10.5 Å². The normalized spacial score (nSPS) is 14.0. The molecule has 1 aliphatic rings. The number of benzene rings is 3. The van der Waals surface area contributed by atoms with E-state index in [0.29, 0.717) is 27.8 Å². The number of halogens is 1. The van der Waals surface area contributed by atoms with Crippen LogP contribution in [0.4, 0.5) is 11.4 Å². The summed E-state index contributed by atoms with van der Waals surface area (Å²) in [6.45, 7) is 8.14. The number of carbonyl (C=O) groups excluding carboxylic acids is 2. The highest BCUT2D eigenvalue weighted by atomic mass is 35.5. The van der Waals surface area contributed by atoms with E-state index < -0.39 is 0 Å². The first-order valence-corrected chi connectivity index (χ1v) is 11.0. The zero-order valence-corrected chi connectivity index (χ0v) is 19.3. The molecule has 0 fully saturated rings. The molecule has 4 rings (SSSR count). The van der Waals surface area contributed by atoms with E-state index in [1.54, 1.807) is 30.3 Å².